The molecule has 0 aliphatic heterocycles. The summed E-state index contributed by atoms with van der Waals surface area (Å²) >= 11 is 0. The van der Waals surface area contributed by atoms with Gasteiger partial charge in [0.15, 0.2) is 0 Å². The number of benzene rings is 1. The van der Waals surface area contributed by atoms with Crippen LogP contribution in [0.5, 0.6) is 0 Å². The Balaban J connectivity index is 0.000000185. The molecular weight excluding hydrogens is 342 g/mol. The number of aromatic nitrogens is 2. The molecule has 0 radical (unpaired) electrons. The summed E-state index contributed by atoms with van der Waals surface area (Å²) in [5.74, 6) is -0.988. The summed E-state index contributed by atoms with van der Waals surface area (Å²) in [5, 5.41) is 8.49. The smallest absolute Gasteiger partial charge is 0.337 e. The second-order valence-electron chi connectivity index (χ2n) is 4.42. The van der Waals surface area contributed by atoms with E-state index in [2.05, 4.69) is 9.97 Å². The van der Waals surface area contributed by atoms with E-state index in [9.17, 15) is 4.79 Å². The molecular formula is C17H15N3O2S2. The quantitative estimate of drug-likeness (QED) is 0.533. The normalized spacial score (nSPS) is 9.67. The van der Waals surface area contributed by atoms with Crippen LogP contribution in [0, 0.1) is 0 Å². The highest BCUT2D eigenvalue weighted by atomic mass is 33.1. The molecule has 24 heavy (non-hydrogen) atoms. The van der Waals surface area contributed by atoms with Gasteiger partial charge in [-0.1, -0.05) is 33.7 Å². The van der Waals surface area contributed by atoms with Crippen molar-refractivity contribution in [3.63, 3.8) is 0 Å². The fourth-order valence-electron chi connectivity index (χ4n) is 1.58. The SMILES string of the molecule is Nc1ccccc1C(=O)O.c1cc(SSc2ccncc2)ccn1. The van der Waals surface area contributed by atoms with Crippen LogP contribution in [0.1, 0.15) is 10.4 Å². The molecule has 0 atom stereocenters. The lowest BCUT2D eigenvalue weighted by Gasteiger charge is -1.99. The lowest BCUT2D eigenvalue weighted by atomic mass is 10.2. The number of hydrogen-bond acceptors (Lipinski definition) is 6. The van der Waals surface area contributed by atoms with Gasteiger partial charge in [0.2, 0.25) is 0 Å². The Kier molecular flexibility index (Phi) is 7.13. The van der Waals surface area contributed by atoms with E-state index in [1.807, 2.05) is 24.3 Å². The van der Waals surface area contributed by atoms with Crippen molar-refractivity contribution in [1.29, 1.82) is 0 Å². The predicted octanol–water partition coefficient (Wildman–Crippen LogP) is 4.24. The third kappa shape index (κ3) is 5.94. The third-order valence-corrected chi connectivity index (χ3v) is 5.14. The number of nitrogen functional groups attached to an aromatic ring is 1. The first-order valence-corrected chi connectivity index (χ1v) is 9.04. The number of nitrogens with zero attached hydrogens (tertiary/aromatic N) is 2. The van der Waals surface area contributed by atoms with Gasteiger partial charge in [-0.05, 0) is 36.4 Å². The largest absolute Gasteiger partial charge is 0.478 e. The standard InChI is InChI=1S/C10H8N2S2.C7H7NO2/c1-5-11-6-2-9(1)13-14-10-3-7-12-8-4-10;8-6-4-2-1-3-5(6)7(9)10/h1-8H;1-4H,8H2,(H,9,10). The highest BCUT2D eigenvalue weighted by Gasteiger charge is 2.03. The Morgan fingerprint density at radius 1 is 0.833 bits per heavy atom. The Hall–Kier alpha value is -2.51. The van der Waals surface area contributed by atoms with Gasteiger partial charge in [0.1, 0.15) is 0 Å². The van der Waals surface area contributed by atoms with Crippen LogP contribution < -0.4 is 5.73 Å². The van der Waals surface area contributed by atoms with Crippen molar-refractivity contribution in [3.8, 4) is 0 Å². The zero-order valence-corrected chi connectivity index (χ0v) is 14.2. The Morgan fingerprint density at radius 2 is 1.29 bits per heavy atom. The molecule has 0 spiro atoms. The molecule has 122 valence electrons. The van der Waals surface area contributed by atoms with E-state index in [0.717, 1.165) is 0 Å². The minimum Gasteiger partial charge on any atom is -0.478 e. The molecule has 0 saturated carbocycles. The Morgan fingerprint density at radius 3 is 1.67 bits per heavy atom. The number of hydrogen-bond donors (Lipinski definition) is 2. The first-order chi connectivity index (χ1) is 11.7. The van der Waals surface area contributed by atoms with E-state index in [1.165, 1.54) is 15.9 Å². The maximum absolute atomic E-state index is 10.3. The Bertz CT molecular complexity index is 732. The van der Waals surface area contributed by atoms with E-state index in [-0.39, 0.29) is 5.56 Å². The first-order valence-electron chi connectivity index (χ1n) is 6.89. The van der Waals surface area contributed by atoms with Gasteiger partial charge in [0, 0.05) is 40.3 Å². The van der Waals surface area contributed by atoms with Gasteiger partial charge in [-0.2, -0.15) is 0 Å². The average Bonchev–Trinajstić information content (AvgIpc) is 2.62. The van der Waals surface area contributed by atoms with Gasteiger partial charge in [0.25, 0.3) is 0 Å². The van der Waals surface area contributed by atoms with Crippen LogP contribution in [-0.2, 0) is 0 Å². The molecule has 0 aliphatic carbocycles. The second-order valence-corrected chi connectivity index (χ2v) is 6.70. The molecule has 2 heterocycles. The van der Waals surface area contributed by atoms with Gasteiger partial charge in [-0.3, -0.25) is 9.97 Å². The zero-order valence-electron chi connectivity index (χ0n) is 12.6. The topological polar surface area (TPSA) is 89.1 Å². The maximum Gasteiger partial charge on any atom is 0.337 e. The molecule has 0 saturated heterocycles. The number of anilines is 1. The van der Waals surface area contributed by atoms with E-state index < -0.39 is 5.97 Å². The highest BCUT2D eigenvalue weighted by molar-refractivity contribution is 8.76. The molecule has 3 rings (SSSR count). The average molecular weight is 357 g/mol. The van der Waals surface area contributed by atoms with Crippen LogP contribution in [-0.4, -0.2) is 21.0 Å². The van der Waals surface area contributed by atoms with Crippen LogP contribution in [0.15, 0.2) is 83.1 Å². The third-order valence-electron chi connectivity index (χ3n) is 2.72. The molecule has 3 aromatic rings. The summed E-state index contributed by atoms with van der Waals surface area (Å²) in [6, 6.07) is 14.4. The van der Waals surface area contributed by atoms with Crippen LogP contribution in [0.4, 0.5) is 5.69 Å². The summed E-state index contributed by atoms with van der Waals surface area (Å²) in [7, 11) is 3.44. The van der Waals surface area contributed by atoms with Crippen molar-refractivity contribution < 1.29 is 9.90 Å². The number of aromatic carboxylic acids is 1. The van der Waals surface area contributed by atoms with Crippen molar-refractivity contribution in [2.75, 3.05) is 5.73 Å². The number of carboxylic acid groups (broad SMARTS) is 1. The molecule has 7 heteroatoms. The first kappa shape index (κ1) is 17.8. The molecule has 3 N–H and O–H groups in total. The minimum absolute atomic E-state index is 0.155. The fraction of sp³-hybridized carbons (Fsp3) is 0. The summed E-state index contributed by atoms with van der Waals surface area (Å²) < 4.78 is 0. The van der Waals surface area contributed by atoms with Crippen LogP contribution in [0.25, 0.3) is 0 Å². The highest BCUT2D eigenvalue weighted by Crippen LogP contribution is 2.36. The van der Waals surface area contributed by atoms with Crippen molar-refractivity contribution in [2.24, 2.45) is 0 Å². The van der Waals surface area contributed by atoms with Gasteiger partial charge in [-0.25, -0.2) is 4.79 Å². The summed E-state index contributed by atoms with van der Waals surface area (Å²) in [6.07, 6.45) is 7.20. The van der Waals surface area contributed by atoms with Crippen LogP contribution in [0.2, 0.25) is 0 Å². The molecule has 1 aromatic carbocycles. The second kappa shape index (κ2) is 9.59. The summed E-state index contributed by atoms with van der Waals surface area (Å²) in [6.45, 7) is 0. The summed E-state index contributed by atoms with van der Waals surface area (Å²) in [5.41, 5.74) is 5.80. The lowest BCUT2D eigenvalue weighted by Crippen LogP contribution is -2.00. The van der Waals surface area contributed by atoms with Gasteiger partial charge >= 0.3 is 5.97 Å². The Labute approximate surface area is 147 Å². The molecule has 0 aliphatic rings. The predicted molar refractivity (Wildman–Crippen MR) is 98.0 cm³/mol. The number of carbonyl (C=O) groups is 1. The monoisotopic (exact) mass is 357 g/mol. The molecule has 0 amide bonds. The minimum atomic E-state index is -0.988. The van der Waals surface area contributed by atoms with Crippen LogP contribution >= 0.6 is 21.6 Å². The molecule has 0 bridgehead atoms. The summed E-state index contributed by atoms with van der Waals surface area (Å²) in [4.78, 5) is 20.7. The van der Waals surface area contributed by atoms with E-state index in [0.29, 0.717) is 5.69 Å². The van der Waals surface area contributed by atoms with Crippen molar-refractivity contribution in [3.05, 3.63) is 78.9 Å². The zero-order chi connectivity index (χ0) is 17.2. The van der Waals surface area contributed by atoms with E-state index >= 15 is 0 Å². The molecule has 2 aromatic heterocycles. The lowest BCUT2D eigenvalue weighted by molar-refractivity contribution is 0.0698. The molecule has 5 nitrogen and oxygen atoms in total. The fourth-order valence-corrected chi connectivity index (χ4v) is 3.48. The van der Waals surface area contributed by atoms with E-state index in [4.69, 9.17) is 10.8 Å². The maximum atomic E-state index is 10.3. The van der Waals surface area contributed by atoms with Gasteiger partial charge < -0.3 is 10.8 Å². The molecule has 0 unspecified atom stereocenters. The number of para-hydroxylation sites is 1. The van der Waals surface area contributed by atoms with Crippen molar-refractivity contribution >= 4 is 33.2 Å². The number of nitrogens with two attached hydrogens (primary N) is 1. The number of pyridine rings is 2. The van der Waals surface area contributed by atoms with Gasteiger partial charge in [0.05, 0.1) is 5.56 Å². The van der Waals surface area contributed by atoms with Crippen molar-refractivity contribution in [1.82, 2.24) is 9.97 Å². The number of carboxylic acids is 1. The van der Waals surface area contributed by atoms with E-state index in [1.54, 1.807) is 64.6 Å². The van der Waals surface area contributed by atoms with Crippen molar-refractivity contribution in [2.45, 2.75) is 9.79 Å². The van der Waals surface area contributed by atoms with Gasteiger partial charge in [-0.15, -0.1) is 0 Å². The molecule has 0 fully saturated rings. The van der Waals surface area contributed by atoms with Crippen LogP contribution in [0.3, 0.4) is 0 Å². The number of rotatable bonds is 4.